The third kappa shape index (κ3) is 1.43. The fourth-order valence-corrected chi connectivity index (χ4v) is 2.54. The zero-order valence-electron chi connectivity index (χ0n) is 8.98. The Hall–Kier alpha value is -1.64. The second-order valence-corrected chi connectivity index (χ2v) is 4.42. The standard InChI is InChI=1S/C13H13NO2/c15-8-9-5-6-11-12(7-9)16-14-13(11)10-3-1-2-4-10/h5-8,10H,1-4H2. The van der Waals surface area contributed by atoms with Crippen LogP contribution >= 0.6 is 0 Å². The molecule has 1 aliphatic rings. The molecular formula is C13H13NO2. The van der Waals surface area contributed by atoms with E-state index in [1.54, 1.807) is 6.07 Å². The van der Waals surface area contributed by atoms with E-state index >= 15 is 0 Å². The summed E-state index contributed by atoms with van der Waals surface area (Å²) in [5.74, 6) is 0.545. The van der Waals surface area contributed by atoms with Crippen LogP contribution in [0.4, 0.5) is 0 Å². The summed E-state index contributed by atoms with van der Waals surface area (Å²) in [4.78, 5) is 10.7. The first-order chi connectivity index (χ1) is 7.88. The first kappa shape index (κ1) is 9.58. The lowest BCUT2D eigenvalue weighted by Crippen LogP contribution is -1.92. The molecule has 0 unspecified atom stereocenters. The molecule has 1 aromatic heterocycles. The van der Waals surface area contributed by atoms with Crippen molar-refractivity contribution in [2.75, 3.05) is 0 Å². The lowest BCUT2D eigenvalue weighted by Gasteiger charge is -2.03. The summed E-state index contributed by atoms with van der Waals surface area (Å²) in [6.45, 7) is 0. The van der Waals surface area contributed by atoms with E-state index in [0.29, 0.717) is 11.5 Å². The van der Waals surface area contributed by atoms with Gasteiger partial charge in [-0.05, 0) is 25.0 Å². The highest BCUT2D eigenvalue weighted by molar-refractivity contribution is 5.87. The minimum Gasteiger partial charge on any atom is -0.356 e. The van der Waals surface area contributed by atoms with Gasteiger partial charge in [0.2, 0.25) is 0 Å². The van der Waals surface area contributed by atoms with Gasteiger partial charge >= 0.3 is 0 Å². The average molecular weight is 215 g/mol. The number of benzene rings is 1. The fraction of sp³-hybridized carbons (Fsp3) is 0.385. The van der Waals surface area contributed by atoms with E-state index in [9.17, 15) is 4.79 Å². The van der Waals surface area contributed by atoms with Gasteiger partial charge < -0.3 is 4.52 Å². The molecule has 0 amide bonds. The Balaban J connectivity index is 2.09. The molecule has 0 radical (unpaired) electrons. The van der Waals surface area contributed by atoms with Crippen LogP contribution in [-0.2, 0) is 0 Å². The molecule has 16 heavy (non-hydrogen) atoms. The number of carbonyl (C=O) groups excluding carboxylic acids is 1. The van der Waals surface area contributed by atoms with Crippen LogP contribution in [0.1, 0.15) is 47.7 Å². The van der Waals surface area contributed by atoms with Gasteiger partial charge in [0, 0.05) is 16.9 Å². The van der Waals surface area contributed by atoms with Crippen molar-refractivity contribution in [1.29, 1.82) is 0 Å². The minimum atomic E-state index is 0.545. The Bertz CT molecular complexity index is 524. The molecule has 1 aromatic carbocycles. The van der Waals surface area contributed by atoms with Crippen LogP contribution in [0.2, 0.25) is 0 Å². The molecule has 1 aliphatic carbocycles. The van der Waals surface area contributed by atoms with Gasteiger partial charge in [0.1, 0.15) is 6.29 Å². The molecule has 0 N–H and O–H groups in total. The molecule has 82 valence electrons. The van der Waals surface area contributed by atoms with Crippen LogP contribution in [0.3, 0.4) is 0 Å². The Labute approximate surface area is 93.4 Å². The van der Waals surface area contributed by atoms with Crippen molar-refractivity contribution in [1.82, 2.24) is 5.16 Å². The second-order valence-electron chi connectivity index (χ2n) is 4.42. The quantitative estimate of drug-likeness (QED) is 0.722. The molecular weight excluding hydrogens is 202 g/mol. The first-order valence-electron chi connectivity index (χ1n) is 5.73. The summed E-state index contributed by atoms with van der Waals surface area (Å²) in [7, 11) is 0. The summed E-state index contributed by atoms with van der Waals surface area (Å²) in [5.41, 5.74) is 2.44. The Kier molecular flexibility index (Phi) is 2.24. The Morgan fingerprint density at radius 2 is 2.12 bits per heavy atom. The summed E-state index contributed by atoms with van der Waals surface area (Å²) in [6, 6.07) is 5.53. The maximum atomic E-state index is 10.7. The van der Waals surface area contributed by atoms with Crippen molar-refractivity contribution in [3.8, 4) is 0 Å². The third-order valence-corrected chi connectivity index (χ3v) is 3.40. The summed E-state index contributed by atoms with van der Waals surface area (Å²) in [6.07, 6.45) is 5.81. The highest BCUT2D eigenvalue weighted by atomic mass is 16.5. The molecule has 1 saturated carbocycles. The first-order valence-corrected chi connectivity index (χ1v) is 5.73. The van der Waals surface area contributed by atoms with Gasteiger partial charge in [-0.2, -0.15) is 0 Å². The second kappa shape index (κ2) is 3.74. The van der Waals surface area contributed by atoms with Crippen LogP contribution < -0.4 is 0 Å². The largest absolute Gasteiger partial charge is 0.356 e. The van der Waals surface area contributed by atoms with Crippen molar-refractivity contribution in [3.05, 3.63) is 29.5 Å². The van der Waals surface area contributed by atoms with E-state index in [0.717, 1.165) is 22.9 Å². The zero-order chi connectivity index (χ0) is 11.0. The van der Waals surface area contributed by atoms with E-state index in [2.05, 4.69) is 5.16 Å². The van der Waals surface area contributed by atoms with Gasteiger partial charge in [-0.15, -0.1) is 0 Å². The van der Waals surface area contributed by atoms with Gasteiger partial charge in [0.05, 0.1) is 5.69 Å². The van der Waals surface area contributed by atoms with Crippen LogP contribution in [-0.4, -0.2) is 11.4 Å². The predicted octanol–water partition coefficient (Wildman–Crippen LogP) is 3.30. The monoisotopic (exact) mass is 215 g/mol. The molecule has 3 rings (SSSR count). The van der Waals surface area contributed by atoms with Crippen LogP contribution in [0, 0.1) is 0 Å². The minimum absolute atomic E-state index is 0.545. The van der Waals surface area contributed by atoms with Gasteiger partial charge in [-0.1, -0.05) is 24.1 Å². The summed E-state index contributed by atoms with van der Waals surface area (Å²) < 4.78 is 5.30. The number of nitrogens with zero attached hydrogens (tertiary/aromatic N) is 1. The molecule has 1 fully saturated rings. The molecule has 0 aliphatic heterocycles. The molecule has 0 spiro atoms. The van der Waals surface area contributed by atoms with E-state index in [-0.39, 0.29) is 0 Å². The molecule has 1 heterocycles. The number of fused-ring (bicyclic) bond motifs is 1. The normalized spacial score (nSPS) is 17.0. The van der Waals surface area contributed by atoms with Crippen LogP contribution in [0.15, 0.2) is 22.7 Å². The van der Waals surface area contributed by atoms with Crippen molar-refractivity contribution in [3.63, 3.8) is 0 Å². The number of hydrogen-bond acceptors (Lipinski definition) is 3. The molecule has 0 atom stereocenters. The van der Waals surface area contributed by atoms with Gasteiger partial charge in [0.15, 0.2) is 5.58 Å². The van der Waals surface area contributed by atoms with E-state index in [1.165, 1.54) is 25.7 Å². The van der Waals surface area contributed by atoms with Gasteiger partial charge in [-0.3, -0.25) is 4.79 Å². The van der Waals surface area contributed by atoms with Crippen molar-refractivity contribution < 1.29 is 9.32 Å². The summed E-state index contributed by atoms with van der Waals surface area (Å²) >= 11 is 0. The SMILES string of the molecule is O=Cc1ccc2c(C3CCCC3)noc2c1. The third-order valence-electron chi connectivity index (χ3n) is 3.40. The highest BCUT2D eigenvalue weighted by Gasteiger charge is 2.22. The number of hydrogen-bond donors (Lipinski definition) is 0. The predicted molar refractivity (Wildman–Crippen MR) is 60.6 cm³/mol. The van der Waals surface area contributed by atoms with Crippen molar-refractivity contribution >= 4 is 17.3 Å². The Morgan fingerprint density at radius 1 is 1.31 bits per heavy atom. The topological polar surface area (TPSA) is 43.1 Å². The average Bonchev–Trinajstić information content (AvgIpc) is 2.96. The number of aldehydes is 1. The van der Waals surface area contributed by atoms with Crippen LogP contribution in [0.5, 0.6) is 0 Å². The van der Waals surface area contributed by atoms with E-state index < -0.39 is 0 Å². The maximum absolute atomic E-state index is 10.7. The number of rotatable bonds is 2. The molecule has 2 aromatic rings. The smallest absolute Gasteiger partial charge is 0.167 e. The number of carbonyl (C=O) groups is 1. The van der Waals surface area contributed by atoms with Crippen LogP contribution in [0.25, 0.3) is 11.0 Å². The zero-order valence-corrected chi connectivity index (χ0v) is 8.98. The fourth-order valence-electron chi connectivity index (χ4n) is 2.54. The molecule has 3 heteroatoms. The number of aromatic nitrogens is 1. The van der Waals surface area contributed by atoms with Crippen molar-refractivity contribution in [2.24, 2.45) is 0 Å². The van der Waals surface area contributed by atoms with Crippen molar-refractivity contribution in [2.45, 2.75) is 31.6 Å². The van der Waals surface area contributed by atoms with E-state index in [1.807, 2.05) is 12.1 Å². The maximum Gasteiger partial charge on any atom is 0.167 e. The van der Waals surface area contributed by atoms with Gasteiger partial charge in [0.25, 0.3) is 0 Å². The lowest BCUT2D eigenvalue weighted by molar-refractivity contribution is 0.112. The highest BCUT2D eigenvalue weighted by Crippen LogP contribution is 2.36. The summed E-state index contributed by atoms with van der Waals surface area (Å²) in [5, 5.41) is 5.23. The molecule has 0 bridgehead atoms. The Morgan fingerprint density at radius 3 is 2.88 bits per heavy atom. The molecule has 3 nitrogen and oxygen atoms in total. The molecule has 0 saturated heterocycles. The lowest BCUT2D eigenvalue weighted by atomic mass is 10.00. The van der Waals surface area contributed by atoms with Gasteiger partial charge in [-0.25, -0.2) is 0 Å². The van der Waals surface area contributed by atoms with E-state index in [4.69, 9.17) is 4.52 Å².